The predicted molar refractivity (Wildman–Crippen MR) is 169 cm³/mol. The number of thiophene rings is 1. The van der Waals surface area contributed by atoms with Crippen LogP contribution in [0, 0.1) is 0 Å². The fourth-order valence-electron chi connectivity index (χ4n) is 6.08. The highest BCUT2D eigenvalue weighted by Crippen LogP contribution is 2.36. The van der Waals surface area contributed by atoms with Crippen molar-refractivity contribution in [2.45, 2.75) is 69.6 Å². The third-order valence-electron chi connectivity index (χ3n) is 8.44. The topological polar surface area (TPSA) is 111 Å². The first-order valence-electron chi connectivity index (χ1n) is 15.4. The van der Waals surface area contributed by atoms with E-state index in [0.29, 0.717) is 30.6 Å². The normalized spacial score (nSPS) is 17.7. The number of rotatable bonds is 11. The molecular formula is C33H38N6O4S. The van der Waals surface area contributed by atoms with Gasteiger partial charge in [-0.15, -0.1) is 21.5 Å². The van der Waals surface area contributed by atoms with E-state index in [2.05, 4.69) is 32.9 Å². The SMILES string of the molecule is COc1ccc(-c2nnn(CC(=O)N(c3ccc(C4CCCCC4)cc3)C(C(=O)NCC3CCCO3)c3cccs3)n2)cc1. The van der Waals surface area contributed by atoms with Crippen molar-refractivity contribution in [3.63, 3.8) is 0 Å². The summed E-state index contributed by atoms with van der Waals surface area (Å²) in [6.07, 6.45) is 8.01. The molecule has 0 spiro atoms. The molecule has 0 radical (unpaired) electrons. The second-order valence-corrected chi connectivity index (χ2v) is 12.3. The molecular weight excluding hydrogens is 576 g/mol. The summed E-state index contributed by atoms with van der Waals surface area (Å²) in [4.78, 5) is 31.8. The van der Waals surface area contributed by atoms with E-state index in [4.69, 9.17) is 9.47 Å². The first kappa shape index (κ1) is 30.0. The maximum Gasteiger partial charge on any atom is 0.251 e. The van der Waals surface area contributed by atoms with Crippen molar-refractivity contribution in [3.8, 4) is 17.1 Å². The summed E-state index contributed by atoms with van der Waals surface area (Å²) in [6, 6.07) is 18.4. The van der Waals surface area contributed by atoms with Crippen LogP contribution in [-0.4, -0.2) is 58.4 Å². The monoisotopic (exact) mass is 614 g/mol. The number of nitrogens with one attached hydrogen (secondary N) is 1. The largest absolute Gasteiger partial charge is 0.497 e. The molecule has 230 valence electrons. The first-order valence-corrected chi connectivity index (χ1v) is 16.2. The number of ether oxygens (including phenoxy) is 2. The number of aromatic nitrogens is 4. The Balaban J connectivity index is 1.29. The van der Waals surface area contributed by atoms with Crippen LogP contribution in [0.15, 0.2) is 66.0 Å². The molecule has 2 atom stereocenters. The minimum Gasteiger partial charge on any atom is -0.497 e. The van der Waals surface area contributed by atoms with Crippen molar-refractivity contribution in [2.24, 2.45) is 0 Å². The van der Waals surface area contributed by atoms with Gasteiger partial charge in [0.15, 0.2) is 0 Å². The number of benzene rings is 2. The van der Waals surface area contributed by atoms with Crippen LogP contribution in [0.25, 0.3) is 11.4 Å². The quantitative estimate of drug-likeness (QED) is 0.237. The molecule has 2 fully saturated rings. The molecule has 1 saturated heterocycles. The van der Waals surface area contributed by atoms with Gasteiger partial charge in [-0.1, -0.05) is 37.5 Å². The molecule has 11 heteroatoms. The number of hydrogen-bond acceptors (Lipinski definition) is 8. The van der Waals surface area contributed by atoms with Crippen LogP contribution >= 0.6 is 11.3 Å². The van der Waals surface area contributed by atoms with Crippen LogP contribution in [0.2, 0.25) is 0 Å². The van der Waals surface area contributed by atoms with Gasteiger partial charge in [-0.2, -0.15) is 4.80 Å². The molecule has 1 N–H and O–H groups in total. The number of nitrogens with zero attached hydrogens (tertiary/aromatic N) is 5. The molecule has 10 nitrogen and oxygen atoms in total. The summed E-state index contributed by atoms with van der Waals surface area (Å²) in [5, 5.41) is 17.8. The summed E-state index contributed by atoms with van der Waals surface area (Å²) >= 11 is 1.45. The molecule has 2 aromatic heterocycles. The van der Waals surface area contributed by atoms with Crippen molar-refractivity contribution >= 4 is 28.8 Å². The molecule has 2 aromatic carbocycles. The zero-order chi connectivity index (χ0) is 30.3. The van der Waals surface area contributed by atoms with Gasteiger partial charge >= 0.3 is 0 Å². The Morgan fingerprint density at radius 1 is 1.05 bits per heavy atom. The van der Waals surface area contributed by atoms with E-state index in [1.54, 1.807) is 12.0 Å². The maximum atomic E-state index is 14.2. The summed E-state index contributed by atoms with van der Waals surface area (Å²) in [5.41, 5.74) is 2.68. The Morgan fingerprint density at radius 2 is 1.84 bits per heavy atom. The summed E-state index contributed by atoms with van der Waals surface area (Å²) < 4.78 is 11.0. The molecule has 1 aliphatic heterocycles. The Morgan fingerprint density at radius 3 is 2.52 bits per heavy atom. The predicted octanol–water partition coefficient (Wildman–Crippen LogP) is 5.53. The lowest BCUT2D eigenvalue weighted by molar-refractivity contribution is -0.127. The Bertz CT molecular complexity index is 1510. The van der Waals surface area contributed by atoms with E-state index in [0.717, 1.165) is 29.0 Å². The Kier molecular flexibility index (Phi) is 9.62. The molecule has 4 aromatic rings. The molecule has 3 heterocycles. The minimum absolute atomic E-state index is 0.0161. The van der Waals surface area contributed by atoms with Crippen molar-refractivity contribution in [2.75, 3.05) is 25.2 Å². The highest BCUT2D eigenvalue weighted by Gasteiger charge is 2.35. The standard InChI is InChI=1S/C33H38N6O4S/c1-42-27-17-13-25(14-18-27)32-35-37-38(36-32)22-30(40)39(26-15-11-24(12-16-26)23-7-3-2-4-8-23)31(29-10-6-20-44-29)33(41)34-21-28-9-5-19-43-28/h6,10-18,20,23,28,31H,2-5,7-9,19,21-22H2,1H3,(H,34,41). The zero-order valence-electron chi connectivity index (χ0n) is 24.9. The molecule has 1 saturated carbocycles. The van der Waals surface area contributed by atoms with Gasteiger partial charge < -0.3 is 14.8 Å². The van der Waals surface area contributed by atoms with Crippen LogP contribution in [0.4, 0.5) is 5.69 Å². The van der Waals surface area contributed by atoms with Crippen molar-refractivity contribution < 1.29 is 19.1 Å². The third-order valence-corrected chi connectivity index (χ3v) is 9.37. The molecule has 2 unspecified atom stereocenters. The average molecular weight is 615 g/mol. The van der Waals surface area contributed by atoms with Crippen LogP contribution in [-0.2, 0) is 20.9 Å². The number of anilines is 1. The second kappa shape index (κ2) is 14.1. The van der Waals surface area contributed by atoms with Crippen LogP contribution in [0.5, 0.6) is 5.75 Å². The van der Waals surface area contributed by atoms with E-state index >= 15 is 0 Å². The molecule has 44 heavy (non-hydrogen) atoms. The van der Waals surface area contributed by atoms with Crippen molar-refractivity contribution in [3.05, 3.63) is 76.5 Å². The van der Waals surface area contributed by atoms with Crippen molar-refractivity contribution in [1.29, 1.82) is 0 Å². The Labute approximate surface area is 261 Å². The van der Waals surface area contributed by atoms with Crippen LogP contribution in [0.1, 0.15) is 67.3 Å². The van der Waals surface area contributed by atoms with Gasteiger partial charge in [0, 0.05) is 29.3 Å². The number of carbonyl (C=O) groups is 2. The van der Waals surface area contributed by atoms with Gasteiger partial charge in [-0.05, 0) is 90.2 Å². The summed E-state index contributed by atoms with van der Waals surface area (Å²) in [5.74, 6) is 1.07. The van der Waals surface area contributed by atoms with E-state index < -0.39 is 6.04 Å². The molecule has 0 bridgehead atoms. The maximum absolute atomic E-state index is 14.2. The van der Waals surface area contributed by atoms with Crippen LogP contribution in [0.3, 0.4) is 0 Å². The lowest BCUT2D eigenvalue weighted by atomic mass is 9.84. The summed E-state index contributed by atoms with van der Waals surface area (Å²) in [6.45, 7) is 0.921. The second-order valence-electron chi connectivity index (χ2n) is 11.4. The lowest BCUT2D eigenvalue weighted by Gasteiger charge is -2.31. The average Bonchev–Trinajstić information content (AvgIpc) is 3.87. The van der Waals surface area contributed by atoms with Crippen molar-refractivity contribution in [1.82, 2.24) is 25.5 Å². The van der Waals surface area contributed by atoms with E-state index in [-0.39, 0.29) is 24.5 Å². The van der Waals surface area contributed by atoms with Gasteiger partial charge in [0.25, 0.3) is 5.91 Å². The highest BCUT2D eigenvalue weighted by atomic mass is 32.1. The van der Waals surface area contributed by atoms with Crippen LogP contribution < -0.4 is 15.0 Å². The number of amides is 2. The molecule has 2 aliphatic rings. The zero-order valence-corrected chi connectivity index (χ0v) is 25.7. The Hall–Kier alpha value is -4.09. The van der Waals surface area contributed by atoms with Gasteiger partial charge in [0.2, 0.25) is 11.7 Å². The molecule has 1 aliphatic carbocycles. The van der Waals surface area contributed by atoms with Gasteiger partial charge in [-0.3, -0.25) is 14.5 Å². The van der Waals surface area contributed by atoms with E-state index in [1.165, 1.54) is 53.8 Å². The van der Waals surface area contributed by atoms with Gasteiger partial charge in [-0.25, -0.2) is 0 Å². The van der Waals surface area contributed by atoms with E-state index in [9.17, 15) is 9.59 Å². The van der Waals surface area contributed by atoms with Gasteiger partial charge in [0.1, 0.15) is 18.3 Å². The smallest absolute Gasteiger partial charge is 0.251 e. The first-order chi connectivity index (χ1) is 21.6. The number of hydrogen-bond donors (Lipinski definition) is 1. The molecule has 2 amide bonds. The minimum atomic E-state index is -0.867. The number of methoxy groups -OCH3 is 1. The van der Waals surface area contributed by atoms with E-state index in [1.807, 2.05) is 53.9 Å². The van der Waals surface area contributed by atoms with Gasteiger partial charge in [0.05, 0.1) is 13.2 Å². The third kappa shape index (κ3) is 7.00. The lowest BCUT2D eigenvalue weighted by Crippen LogP contribution is -2.46. The fourth-order valence-corrected chi connectivity index (χ4v) is 6.89. The number of tetrazole rings is 1. The number of carbonyl (C=O) groups excluding carboxylic acids is 2. The molecule has 6 rings (SSSR count). The summed E-state index contributed by atoms with van der Waals surface area (Å²) in [7, 11) is 1.61. The highest BCUT2D eigenvalue weighted by molar-refractivity contribution is 7.10. The fraction of sp³-hybridized carbons (Fsp3) is 0.424.